The summed E-state index contributed by atoms with van der Waals surface area (Å²) in [5, 5.41) is 0. The molecule has 4 rings (SSSR count). The predicted octanol–water partition coefficient (Wildman–Crippen LogP) is 4.07. The molecule has 136 valence electrons. The van der Waals surface area contributed by atoms with Gasteiger partial charge in [-0.05, 0) is 37.8 Å². The lowest BCUT2D eigenvalue weighted by atomic mass is 10.0. The minimum Gasteiger partial charge on any atom is -0.333 e. The Morgan fingerprint density at radius 1 is 1.07 bits per heavy atom. The molecule has 1 amide bonds. The number of hydrogen-bond donors (Lipinski definition) is 0. The minimum absolute atomic E-state index is 0.0244. The molecular formula is C22H22N4O. The zero-order valence-electron chi connectivity index (χ0n) is 15.5. The van der Waals surface area contributed by atoms with Crippen LogP contribution in [0, 0.1) is 12.8 Å². The Labute approximate surface area is 159 Å². The molecule has 1 atom stereocenters. The van der Waals surface area contributed by atoms with Gasteiger partial charge in [-0.15, -0.1) is 0 Å². The molecule has 0 aliphatic heterocycles. The zero-order valence-corrected chi connectivity index (χ0v) is 15.5. The van der Waals surface area contributed by atoms with Crippen LogP contribution in [0.25, 0.3) is 11.3 Å². The van der Waals surface area contributed by atoms with E-state index in [0.717, 1.165) is 24.1 Å². The highest BCUT2D eigenvalue weighted by molar-refractivity contribution is 5.99. The Balaban J connectivity index is 1.72. The van der Waals surface area contributed by atoms with Crippen LogP contribution in [0.4, 0.5) is 0 Å². The molecule has 5 heteroatoms. The minimum atomic E-state index is -0.0728. The van der Waals surface area contributed by atoms with Gasteiger partial charge >= 0.3 is 0 Å². The molecule has 0 saturated heterocycles. The Kier molecular flexibility index (Phi) is 4.67. The number of aromatic nitrogens is 3. The topological polar surface area (TPSA) is 59.0 Å². The van der Waals surface area contributed by atoms with E-state index >= 15 is 0 Å². The van der Waals surface area contributed by atoms with Gasteiger partial charge in [-0.25, -0.2) is 9.97 Å². The third-order valence-corrected chi connectivity index (χ3v) is 4.98. The Morgan fingerprint density at radius 2 is 1.81 bits per heavy atom. The van der Waals surface area contributed by atoms with E-state index in [4.69, 9.17) is 0 Å². The third kappa shape index (κ3) is 3.58. The number of carbonyl (C=O) groups excluding carboxylic acids is 1. The first-order valence-electron chi connectivity index (χ1n) is 9.22. The largest absolute Gasteiger partial charge is 0.333 e. The molecule has 3 aromatic rings. The smallest absolute Gasteiger partial charge is 0.257 e. The zero-order chi connectivity index (χ0) is 18.8. The van der Waals surface area contributed by atoms with E-state index in [0.29, 0.717) is 23.0 Å². The number of hydrogen-bond acceptors (Lipinski definition) is 4. The number of rotatable bonds is 5. The first kappa shape index (κ1) is 17.3. The van der Waals surface area contributed by atoms with Crippen LogP contribution in [0.5, 0.6) is 0 Å². The maximum atomic E-state index is 13.4. The molecule has 1 saturated carbocycles. The number of carbonyl (C=O) groups is 1. The van der Waals surface area contributed by atoms with Crippen LogP contribution < -0.4 is 0 Å². The fourth-order valence-corrected chi connectivity index (χ4v) is 3.48. The average molecular weight is 358 g/mol. The lowest BCUT2D eigenvalue weighted by Crippen LogP contribution is -2.33. The van der Waals surface area contributed by atoms with E-state index in [1.54, 1.807) is 17.3 Å². The number of benzene rings is 1. The quantitative estimate of drug-likeness (QED) is 0.690. The van der Waals surface area contributed by atoms with Crippen molar-refractivity contribution >= 4 is 5.91 Å². The first-order chi connectivity index (χ1) is 13.1. The number of nitrogens with zero attached hydrogens (tertiary/aromatic N) is 4. The summed E-state index contributed by atoms with van der Waals surface area (Å²) >= 11 is 0. The highest BCUT2D eigenvalue weighted by Crippen LogP contribution is 2.44. The van der Waals surface area contributed by atoms with Crippen LogP contribution in [0.15, 0.2) is 60.9 Å². The van der Waals surface area contributed by atoms with Crippen LogP contribution in [0.3, 0.4) is 0 Å². The summed E-state index contributed by atoms with van der Waals surface area (Å²) < 4.78 is 0. The Bertz CT molecular complexity index is 939. The lowest BCUT2D eigenvalue weighted by molar-refractivity contribution is 0.0707. The molecule has 0 radical (unpaired) electrons. The van der Waals surface area contributed by atoms with Crippen LogP contribution in [-0.2, 0) is 0 Å². The molecule has 1 aromatic carbocycles. The SMILES string of the molecule is Cc1ncc(C(=O)N(C)C(c2ccccn2)C2CC2)c(-c2ccccc2)n1. The maximum absolute atomic E-state index is 13.4. The van der Waals surface area contributed by atoms with Crippen molar-refractivity contribution in [3.63, 3.8) is 0 Å². The molecule has 2 aromatic heterocycles. The molecular weight excluding hydrogens is 336 g/mol. The summed E-state index contributed by atoms with van der Waals surface area (Å²) in [6.45, 7) is 1.84. The monoisotopic (exact) mass is 358 g/mol. The van der Waals surface area contributed by atoms with Crippen molar-refractivity contribution in [1.29, 1.82) is 0 Å². The van der Waals surface area contributed by atoms with Gasteiger partial charge in [0.05, 0.1) is 23.0 Å². The second-order valence-electron chi connectivity index (χ2n) is 7.00. The second kappa shape index (κ2) is 7.27. The summed E-state index contributed by atoms with van der Waals surface area (Å²) in [7, 11) is 1.86. The predicted molar refractivity (Wildman–Crippen MR) is 104 cm³/mol. The van der Waals surface area contributed by atoms with E-state index in [2.05, 4.69) is 15.0 Å². The molecule has 1 aliphatic carbocycles. The van der Waals surface area contributed by atoms with Crippen molar-refractivity contribution < 1.29 is 4.79 Å². The molecule has 1 unspecified atom stereocenters. The number of pyridine rings is 1. The van der Waals surface area contributed by atoms with Crippen molar-refractivity contribution in [2.45, 2.75) is 25.8 Å². The number of amides is 1. The van der Waals surface area contributed by atoms with Gasteiger partial charge in [0.15, 0.2) is 0 Å². The van der Waals surface area contributed by atoms with E-state index < -0.39 is 0 Å². The third-order valence-electron chi connectivity index (χ3n) is 4.98. The average Bonchev–Trinajstić information content (AvgIpc) is 3.54. The van der Waals surface area contributed by atoms with Crippen LogP contribution in [-0.4, -0.2) is 32.8 Å². The first-order valence-corrected chi connectivity index (χ1v) is 9.22. The second-order valence-corrected chi connectivity index (χ2v) is 7.00. The van der Waals surface area contributed by atoms with Crippen LogP contribution >= 0.6 is 0 Å². The molecule has 5 nitrogen and oxygen atoms in total. The van der Waals surface area contributed by atoms with Crippen molar-refractivity contribution in [3.8, 4) is 11.3 Å². The fraction of sp³-hybridized carbons (Fsp3) is 0.273. The standard InChI is InChI=1S/C22H22N4O/c1-15-24-14-18(20(25-15)16-8-4-3-5-9-16)22(27)26(2)21(17-11-12-17)19-10-6-7-13-23-19/h3-10,13-14,17,21H,11-12H2,1-2H3. The normalized spacial score (nSPS) is 14.6. The molecule has 27 heavy (non-hydrogen) atoms. The Morgan fingerprint density at radius 3 is 2.48 bits per heavy atom. The van der Waals surface area contributed by atoms with Crippen LogP contribution in [0.2, 0.25) is 0 Å². The van der Waals surface area contributed by atoms with E-state index in [-0.39, 0.29) is 11.9 Å². The van der Waals surface area contributed by atoms with Gasteiger partial charge in [-0.2, -0.15) is 0 Å². The molecule has 1 aliphatic rings. The van der Waals surface area contributed by atoms with E-state index in [1.807, 2.05) is 62.5 Å². The highest BCUT2D eigenvalue weighted by atomic mass is 16.2. The lowest BCUT2D eigenvalue weighted by Gasteiger charge is -2.28. The summed E-state index contributed by atoms with van der Waals surface area (Å²) in [4.78, 5) is 28.6. The fourth-order valence-electron chi connectivity index (χ4n) is 3.48. The molecule has 2 heterocycles. The van der Waals surface area contributed by atoms with Crippen molar-refractivity contribution in [2.75, 3.05) is 7.05 Å². The highest BCUT2D eigenvalue weighted by Gasteiger charge is 2.38. The van der Waals surface area contributed by atoms with Gasteiger partial charge in [0, 0.05) is 25.0 Å². The van der Waals surface area contributed by atoms with Gasteiger partial charge < -0.3 is 4.90 Å². The number of aryl methyl sites for hydroxylation is 1. The van der Waals surface area contributed by atoms with E-state index in [9.17, 15) is 4.79 Å². The van der Waals surface area contributed by atoms with E-state index in [1.165, 1.54) is 0 Å². The van der Waals surface area contributed by atoms with Gasteiger partial charge in [0.1, 0.15) is 5.82 Å². The van der Waals surface area contributed by atoms with Crippen molar-refractivity contribution in [3.05, 3.63) is 78.0 Å². The summed E-state index contributed by atoms with van der Waals surface area (Å²) in [5.74, 6) is 1.04. The Hall–Kier alpha value is -3.08. The maximum Gasteiger partial charge on any atom is 0.257 e. The van der Waals surface area contributed by atoms with Gasteiger partial charge in [0.25, 0.3) is 5.91 Å². The molecule has 0 N–H and O–H groups in total. The van der Waals surface area contributed by atoms with Crippen molar-refractivity contribution in [1.82, 2.24) is 19.9 Å². The van der Waals surface area contributed by atoms with Crippen molar-refractivity contribution in [2.24, 2.45) is 5.92 Å². The van der Waals surface area contributed by atoms with Gasteiger partial charge in [-0.1, -0.05) is 36.4 Å². The van der Waals surface area contributed by atoms with Gasteiger partial charge in [-0.3, -0.25) is 9.78 Å². The molecule has 0 spiro atoms. The van der Waals surface area contributed by atoms with Gasteiger partial charge in [0.2, 0.25) is 0 Å². The summed E-state index contributed by atoms with van der Waals surface area (Å²) in [6.07, 6.45) is 5.67. The summed E-state index contributed by atoms with van der Waals surface area (Å²) in [5.41, 5.74) is 3.05. The summed E-state index contributed by atoms with van der Waals surface area (Å²) in [6, 6.07) is 15.6. The molecule has 0 bridgehead atoms. The molecule has 1 fully saturated rings. The van der Waals surface area contributed by atoms with Crippen LogP contribution in [0.1, 0.15) is 40.8 Å².